The van der Waals surface area contributed by atoms with Crippen molar-refractivity contribution in [2.24, 2.45) is 5.92 Å². The van der Waals surface area contributed by atoms with Crippen LogP contribution in [0.1, 0.15) is 42.9 Å². The van der Waals surface area contributed by atoms with Crippen LogP contribution in [0.3, 0.4) is 0 Å². The van der Waals surface area contributed by atoms with Crippen molar-refractivity contribution in [1.82, 2.24) is 4.90 Å². The number of benzene rings is 2. The van der Waals surface area contributed by atoms with E-state index in [2.05, 4.69) is 41.3 Å². The molecule has 0 spiro atoms. The molecule has 2 aromatic carbocycles. The summed E-state index contributed by atoms with van der Waals surface area (Å²) in [5, 5.41) is 0.764. The largest absolute Gasteiger partial charge is 0.367 e. The lowest BCUT2D eigenvalue weighted by Gasteiger charge is -2.45. The van der Waals surface area contributed by atoms with Crippen LogP contribution in [0.15, 0.2) is 54.6 Å². The maximum absolute atomic E-state index is 6.38. The Morgan fingerprint density at radius 3 is 2.24 bits per heavy atom. The molecule has 1 saturated carbocycles. The molecule has 1 atom stereocenters. The molecule has 0 amide bonds. The Kier molecular flexibility index (Phi) is 5.40. The molecule has 2 bridgehead atoms. The van der Waals surface area contributed by atoms with Crippen molar-refractivity contribution in [2.45, 2.75) is 37.8 Å². The lowest BCUT2D eigenvalue weighted by atomic mass is 9.80. The molecular formula is C22H26ClNO. The monoisotopic (exact) mass is 355 g/mol. The number of nitrogens with zero attached hydrogens (tertiary/aromatic N) is 1. The van der Waals surface area contributed by atoms with E-state index in [9.17, 15) is 0 Å². The Morgan fingerprint density at radius 1 is 0.920 bits per heavy atom. The van der Waals surface area contributed by atoms with Gasteiger partial charge in [0.05, 0.1) is 6.61 Å². The van der Waals surface area contributed by atoms with E-state index in [4.69, 9.17) is 16.3 Å². The van der Waals surface area contributed by atoms with Gasteiger partial charge >= 0.3 is 0 Å². The lowest BCUT2D eigenvalue weighted by molar-refractivity contribution is 0.00531. The summed E-state index contributed by atoms with van der Waals surface area (Å²) in [6.45, 7) is 3.08. The van der Waals surface area contributed by atoms with Gasteiger partial charge in [0.2, 0.25) is 0 Å². The van der Waals surface area contributed by atoms with Gasteiger partial charge in [-0.15, -0.1) is 0 Å². The van der Waals surface area contributed by atoms with Gasteiger partial charge in [-0.2, -0.15) is 0 Å². The van der Waals surface area contributed by atoms with Gasteiger partial charge in [-0.05, 0) is 54.9 Å². The van der Waals surface area contributed by atoms with Gasteiger partial charge in [0.25, 0.3) is 0 Å². The summed E-state index contributed by atoms with van der Waals surface area (Å²) < 4.78 is 6.38. The average Bonchev–Trinajstić information content (AvgIpc) is 2.68. The fourth-order valence-corrected chi connectivity index (χ4v) is 4.51. The van der Waals surface area contributed by atoms with Gasteiger partial charge in [-0.3, -0.25) is 4.90 Å². The number of piperidine rings is 2. The van der Waals surface area contributed by atoms with Crippen molar-refractivity contribution in [3.8, 4) is 0 Å². The van der Waals surface area contributed by atoms with Crippen LogP contribution >= 0.6 is 11.6 Å². The molecule has 132 valence electrons. The molecule has 0 aromatic heterocycles. The maximum atomic E-state index is 6.38. The minimum atomic E-state index is -0.0274. The highest BCUT2D eigenvalue weighted by molar-refractivity contribution is 6.30. The van der Waals surface area contributed by atoms with Crippen molar-refractivity contribution in [3.63, 3.8) is 0 Å². The quantitative estimate of drug-likeness (QED) is 0.695. The van der Waals surface area contributed by atoms with E-state index in [1.807, 2.05) is 18.2 Å². The van der Waals surface area contributed by atoms with Crippen LogP contribution in [0.5, 0.6) is 0 Å². The Bertz CT molecular complexity index is 664. The normalized spacial score (nSPS) is 24.4. The van der Waals surface area contributed by atoms with Gasteiger partial charge in [-0.1, -0.05) is 54.1 Å². The number of ether oxygens (including phenoxy) is 1. The molecule has 1 unspecified atom stereocenters. The second-order valence-corrected chi connectivity index (χ2v) is 7.82. The summed E-state index contributed by atoms with van der Waals surface area (Å²) in [6.07, 6.45) is 5.59. The first-order valence-corrected chi connectivity index (χ1v) is 9.83. The fourth-order valence-electron chi connectivity index (χ4n) is 4.39. The van der Waals surface area contributed by atoms with Gasteiger partial charge in [0.15, 0.2) is 0 Å². The molecule has 3 heteroatoms. The number of fused-ring (bicyclic) bond motifs is 3. The third kappa shape index (κ3) is 4.08. The third-order valence-electron chi connectivity index (χ3n) is 5.76. The van der Waals surface area contributed by atoms with E-state index in [0.29, 0.717) is 0 Å². The first kappa shape index (κ1) is 17.1. The van der Waals surface area contributed by atoms with Gasteiger partial charge in [-0.25, -0.2) is 0 Å². The molecular weight excluding hydrogens is 330 g/mol. The Hall–Kier alpha value is -1.35. The Labute approximate surface area is 155 Å². The zero-order valence-corrected chi connectivity index (χ0v) is 15.4. The van der Waals surface area contributed by atoms with E-state index in [1.54, 1.807) is 0 Å². The fraction of sp³-hybridized carbons (Fsp3) is 0.455. The topological polar surface area (TPSA) is 12.5 Å². The predicted molar refractivity (Wildman–Crippen MR) is 103 cm³/mol. The SMILES string of the molecule is Clc1ccc(C(OCCN2CC3CCC2CC3)c2ccccc2)cc1. The summed E-state index contributed by atoms with van der Waals surface area (Å²) >= 11 is 6.06. The van der Waals surface area contributed by atoms with E-state index in [1.165, 1.54) is 37.8 Å². The highest BCUT2D eigenvalue weighted by atomic mass is 35.5. The lowest BCUT2D eigenvalue weighted by Crippen LogP contribution is -2.49. The van der Waals surface area contributed by atoms with E-state index in [-0.39, 0.29) is 6.10 Å². The molecule has 1 aliphatic carbocycles. The predicted octanol–water partition coefficient (Wildman–Crippen LogP) is 5.32. The van der Waals surface area contributed by atoms with Crippen LogP contribution < -0.4 is 0 Å². The minimum absolute atomic E-state index is 0.0274. The van der Waals surface area contributed by atoms with Crippen LogP contribution in [-0.2, 0) is 4.74 Å². The van der Waals surface area contributed by atoms with Gasteiger partial charge < -0.3 is 4.74 Å². The molecule has 25 heavy (non-hydrogen) atoms. The molecule has 2 nitrogen and oxygen atoms in total. The molecule has 5 rings (SSSR count). The molecule has 0 radical (unpaired) electrons. The molecule has 3 fully saturated rings. The molecule has 2 aromatic rings. The minimum Gasteiger partial charge on any atom is -0.367 e. The molecule has 2 aliphatic heterocycles. The van der Waals surface area contributed by atoms with Crippen LogP contribution in [0.4, 0.5) is 0 Å². The van der Waals surface area contributed by atoms with E-state index < -0.39 is 0 Å². The van der Waals surface area contributed by atoms with Crippen molar-refractivity contribution in [1.29, 1.82) is 0 Å². The summed E-state index contributed by atoms with van der Waals surface area (Å²) in [6, 6.07) is 19.3. The van der Waals surface area contributed by atoms with Crippen LogP contribution in [-0.4, -0.2) is 30.6 Å². The first-order chi connectivity index (χ1) is 12.3. The number of rotatable bonds is 6. The average molecular weight is 356 g/mol. The Balaban J connectivity index is 1.43. The van der Waals surface area contributed by atoms with E-state index >= 15 is 0 Å². The summed E-state index contributed by atoms with van der Waals surface area (Å²) in [7, 11) is 0. The van der Waals surface area contributed by atoms with Crippen molar-refractivity contribution in [2.75, 3.05) is 19.7 Å². The van der Waals surface area contributed by atoms with Crippen molar-refractivity contribution < 1.29 is 4.74 Å². The smallest absolute Gasteiger partial charge is 0.108 e. The second kappa shape index (κ2) is 7.90. The Morgan fingerprint density at radius 2 is 1.60 bits per heavy atom. The van der Waals surface area contributed by atoms with Crippen molar-refractivity contribution >= 4 is 11.6 Å². The van der Waals surface area contributed by atoms with Crippen LogP contribution in [0.2, 0.25) is 5.02 Å². The third-order valence-corrected chi connectivity index (χ3v) is 6.02. The number of hydrogen-bond donors (Lipinski definition) is 0. The number of hydrogen-bond acceptors (Lipinski definition) is 2. The van der Waals surface area contributed by atoms with Gasteiger partial charge in [0.1, 0.15) is 6.10 Å². The maximum Gasteiger partial charge on any atom is 0.108 e. The second-order valence-electron chi connectivity index (χ2n) is 7.38. The summed E-state index contributed by atoms with van der Waals surface area (Å²) in [4.78, 5) is 2.65. The van der Waals surface area contributed by atoms with Crippen LogP contribution in [0, 0.1) is 5.92 Å². The van der Waals surface area contributed by atoms with Crippen LogP contribution in [0.25, 0.3) is 0 Å². The molecule has 3 aliphatic rings. The highest BCUT2D eigenvalue weighted by Gasteiger charge is 2.33. The molecule has 0 N–H and O–H groups in total. The number of halogens is 1. The molecule has 2 saturated heterocycles. The van der Waals surface area contributed by atoms with E-state index in [0.717, 1.165) is 35.7 Å². The zero-order valence-electron chi connectivity index (χ0n) is 14.6. The van der Waals surface area contributed by atoms with Gasteiger partial charge in [0, 0.05) is 24.2 Å². The highest BCUT2D eigenvalue weighted by Crippen LogP contribution is 2.35. The molecule has 2 heterocycles. The summed E-state index contributed by atoms with van der Waals surface area (Å²) in [5.74, 6) is 0.922. The van der Waals surface area contributed by atoms with Crippen molar-refractivity contribution in [3.05, 3.63) is 70.7 Å². The standard InChI is InChI=1S/C22H26ClNO/c23-20-10-8-19(9-11-20)22(18-4-2-1-3-5-18)25-15-14-24-16-17-6-12-21(24)13-7-17/h1-5,8-11,17,21-22H,6-7,12-16H2. The summed E-state index contributed by atoms with van der Waals surface area (Å²) in [5.41, 5.74) is 2.36. The first-order valence-electron chi connectivity index (χ1n) is 9.45. The zero-order chi connectivity index (χ0) is 17.1.